The number of hydrogen-bond donors (Lipinski definition) is 8. The minimum absolute atomic E-state index is 0.0675. The van der Waals surface area contributed by atoms with Gasteiger partial charge in [-0.2, -0.15) is 0 Å². The van der Waals surface area contributed by atoms with Gasteiger partial charge in [-0.1, -0.05) is 20.3 Å². The lowest BCUT2D eigenvalue weighted by Crippen LogP contribution is -2.59. The van der Waals surface area contributed by atoms with Gasteiger partial charge in [-0.3, -0.25) is 19.2 Å². The summed E-state index contributed by atoms with van der Waals surface area (Å²) in [5.74, 6) is -5.58. The van der Waals surface area contributed by atoms with Gasteiger partial charge in [0.05, 0.1) is 25.1 Å². The van der Waals surface area contributed by atoms with Gasteiger partial charge >= 0.3 is 11.9 Å². The highest BCUT2D eigenvalue weighted by Crippen LogP contribution is 2.10. The molecule has 0 saturated heterocycles. The average Bonchev–Trinajstić information content (AvgIpc) is 3.54. The van der Waals surface area contributed by atoms with Crippen molar-refractivity contribution in [3.8, 4) is 0 Å². The van der Waals surface area contributed by atoms with Crippen molar-refractivity contribution in [2.45, 2.75) is 63.7 Å². The van der Waals surface area contributed by atoms with Gasteiger partial charge in [-0.25, -0.2) is 14.8 Å². The Morgan fingerprint density at radius 1 is 0.892 bits per heavy atom. The number of nitrogens with zero attached hydrogens (tertiary/aromatic N) is 2. The molecule has 37 heavy (non-hydrogen) atoms. The van der Waals surface area contributed by atoms with Crippen LogP contribution in [0, 0.1) is 5.92 Å². The maximum atomic E-state index is 13.0. The van der Waals surface area contributed by atoms with Crippen LogP contribution in [0.15, 0.2) is 25.0 Å². The molecule has 0 saturated carbocycles. The zero-order valence-corrected chi connectivity index (χ0v) is 20.4. The Labute approximate surface area is 212 Å². The second-order valence-electron chi connectivity index (χ2n) is 8.60. The number of imidazole rings is 2. The topological polar surface area (TPSA) is 245 Å². The highest BCUT2D eigenvalue weighted by Gasteiger charge is 2.33. The molecule has 2 rings (SSSR count). The van der Waals surface area contributed by atoms with E-state index < -0.39 is 66.2 Å². The first kappa shape index (κ1) is 29.0. The summed E-state index contributed by atoms with van der Waals surface area (Å²) in [6.45, 7) is 3.43. The summed E-state index contributed by atoms with van der Waals surface area (Å²) in [7, 11) is 0. The Morgan fingerprint density at radius 3 is 1.95 bits per heavy atom. The van der Waals surface area contributed by atoms with E-state index in [0.717, 1.165) is 0 Å². The number of carbonyl (C=O) groups excluding carboxylic acids is 3. The van der Waals surface area contributed by atoms with Crippen LogP contribution in [0.3, 0.4) is 0 Å². The monoisotopic (exact) mass is 520 g/mol. The van der Waals surface area contributed by atoms with Crippen molar-refractivity contribution in [3.05, 3.63) is 36.4 Å². The fourth-order valence-electron chi connectivity index (χ4n) is 3.42. The van der Waals surface area contributed by atoms with Gasteiger partial charge in [0.15, 0.2) is 0 Å². The fourth-order valence-corrected chi connectivity index (χ4v) is 3.42. The predicted octanol–water partition coefficient (Wildman–Crippen LogP) is -1.69. The van der Waals surface area contributed by atoms with E-state index in [4.69, 9.17) is 5.73 Å². The summed E-state index contributed by atoms with van der Waals surface area (Å²) >= 11 is 0. The molecular formula is C22H32N8O7. The molecule has 5 unspecified atom stereocenters. The molecule has 15 nitrogen and oxygen atoms in total. The first-order valence-electron chi connectivity index (χ1n) is 11.6. The summed E-state index contributed by atoms with van der Waals surface area (Å²) in [6.07, 6.45) is 5.34. The van der Waals surface area contributed by atoms with Crippen molar-refractivity contribution < 1.29 is 34.2 Å². The average molecular weight is 521 g/mol. The lowest BCUT2D eigenvalue weighted by molar-refractivity contribution is -0.143. The van der Waals surface area contributed by atoms with Crippen LogP contribution in [-0.2, 0) is 36.8 Å². The molecule has 0 aliphatic rings. The van der Waals surface area contributed by atoms with E-state index in [-0.39, 0.29) is 12.8 Å². The standard InChI is InChI=1S/C22H32N8O7/c1-3-11(2)18(21(35)29-16(22(36)37)5-13-8-25-10-27-13)30-20(34)15(6-17(31)32)28-19(33)14(23)4-12-7-24-9-26-12/h7-11,14-16,18H,3-6,23H2,1-2H3,(H,24,26)(H,25,27)(H,28,33)(H,29,35)(H,30,34)(H,31,32)(H,36,37). The molecule has 3 amide bonds. The normalized spacial score (nSPS) is 15.0. The van der Waals surface area contributed by atoms with Gasteiger partial charge in [0.2, 0.25) is 17.7 Å². The third-order valence-electron chi connectivity index (χ3n) is 5.73. The van der Waals surface area contributed by atoms with Crippen molar-refractivity contribution in [1.29, 1.82) is 0 Å². The molecular weight excluding hydrogens is 488 g/mol. The van der Waals surface area contributed by atoms with Crippen molar-refractivity contribution in [1.82, 2.24) is 35.9 Å². The summed E-state index contributed by atoms with van der Waals surface area (Å²) in [4.78, 5) is 74.9. The lowest BCUT2D eigenvalue weighted by atomic mass is 9.97. The molecule has 0 bridgehead atoms. The highest BCUT2D eigenvalue weighted by molar-refractivity contribution is 5.95. The van der Waals surface area contributed by atoms with Crippen LogP contribution in [0.25, 0.3) is 0 Å². The predicted molar refractivity (Wildman–Crippen MR) is 128 cm³/mol. The number of H-pyrrole nitrogens is 2. The van der Waals surface area contributed by atoms with Gasteiger partial charge in [-0.05, 0) is 5.92 Å². The van der Waals surface area contributed by atoms with E-state index in [1.807, 2.05) is 0 Å². The quantitative estimate of drug-likeness (QED) is 0.132. The SMILES string of the molecule is CCC(C)C(NC(=O)C(CC(=O)O)NC(=O)C(N)Cc1cnc[nH]1)C(=O)NC(Cc1cnc[nH]1)C(=O)O. The number of nitrogens with two attached hydrogens (primary N) is 1. The Bertz CT molecular complexity index is 1060. The van der Waals surface area contributed by atoms with Crippen molar-refractivity contribution in [2.24, 2.45) is 11.7 Å². The molecule has 0 aromatic carbocycles. The Kier molecular flexibility index (Phi) is 10.7. The molecule has 2 aromatic heterocycles. The fraction of sp³-hybridized carbons (Fsp3) is 0.500. The first-order chi connectivity index (χ1) is 17.5. The maximum absolute atomic E-state index is 13.0. The van der Waals surface area contributed by atoms with Crippen molar-refractivity contribution in [2.75, 3.05) is 0 Å². The lowest BCUT2D eigenvalue weighted by Gasteiger charge is -2.27. The number of hydrogen-bond acceptors (Lipinski definition) is 8. The van der Waals surface area contributed by atoms with Gasteiger partial charge in [0.1, 0.15) is 18.1 Å². The number of nitrogens with one attached hydrogen (secondary N) is 5. The van der Waals surface area contributed by atoms with E-state index in [1.165, 1.54) is 25.0 Å². The third kappa shape index (κ3) is 9.03. The van der Waals surface area contributed by atoms with E-state index in [9.17, 15) is 34.2 Å². The molecule has 9 N–H and O–H groups in total. The summed E-state index contributed by atoms with van der Waals surface area (Å²) in [5.41, 5.74) is 6.93. The van der Waals surface area contributed by atoms with Gasteiger partial charge in [-0.15, -0.1) is 0 Å². The van der Waals surface area contributed by atoms with E-state index in [1.54, 1.807) is 13.8 Å². The molecule has 202 valence electrons. The summed E-state index contributed by atoms with van der Waals surface area (Å²) < 4.78 is 0. The molecule has 2 heterocycles. The number of carboxylic acids is 2. The number of amides is 3. The molecule has 0 fully saturated rings. The smallest absolute Gasteiger partial charge is 0.326 e. The van der Waals surface area contributed by atoms with Crippen LogP contribution < -0.4 is 21.7 Å². The Morgan fingerprint density at radius 2 is 1.46 bits per heavy atom. The van der Waals surface area contributed by atoms with Crippen LogP contribution in [0.2, 0.25) is 0 Å². The molecule has 15 heteroatoms. The Hall–Kier alpha value is -4.27. The third-order valence-corrected chi connectivity index (χ3v) is 5.73. The number of rotatable bonds is 15. The number of aromatic nitrogens is 4. The van der Waals surface area contributed by atoms with E-state index >= 15 is 0 Å². The van der Waals surface area contributed by atoms with Crippen molar-refractivity contribution in [3.63, 3.8) is 0 Å². The first-order valence-corrected chi connectivity index (χ1v) is 11.6. The van der Waals surface area contributed by atoms with E-state index in [2.05, 4.69) is 35.9 Å². The summed E-state index contributed by atoms with van der Waals surface area (Å²) in [6, 6.07) is -5.14. The minimum Gasteiger partial charge on any atom is -0.481 e. The molecule has 0 aliphatic heterocycles. The molecule has 2 aromatic rings. The molecule has 0 radical (unpaired) electrons. The molecule has 0 spiro atoms. The van der Waals surface area contributed by atoms with Crippen LogP contribution in [0.1, 0.15) is 38.1 Å². The number of aliphatic carboxylic acids is 2. The van der Waals surface area contributed by atoms with Crippen LogP contribution in [0.5, 0.6) is 0 Å². The van der Waals surface area contributed by atoms with Gasteiger partial charge < -0.3 is 41.9 Å². The maximum Gasteiger partial charge on any atom is 0.326 e. The Balaban J connectivity index is 2.12. The zero-order valence-electron chi connectivity index (χ0n) is 20.4. The number of aromatic amines is 2. The van der Waals surface area contributed by atoms with Gasteiger partial charge in [0, 0.05) is 36.6 Å². The summed E-state index contributed by atoms with van der Waals surface area (Å²) in [5, 5.41) is 26.0. The second-order valence-corrected chi connectivity index (χ2v) is 8.60. The zero-order chi connectivity index (χ0) is 27.5. The second kappa shape index (κ2) is 13.7. The van der Waals surface area contributed by atoms with Gasteiger partial charge in [0.25, 0.3) is 0 Å². The van der Waals surface area contributed by atoms with Crippen LogP contribution in [0.4, 0.5) is 0 Å². The molecule has 0 aliphatic carbocycles. The largest absolute Gasteiger partial charge is 0.481 e. The van der Waals surface area contributed by atoms with E-state index in [0.29, 0.717) is 17.8 Å². The van der Waals surface area contributed by atoms with Crippen LogP contribution in [-0.4, -0.2) is 84.0 Å². The number of carboxylic acid groups (broad SMARTS) is 2. The molecule has 5 atom stereocenters. The van der Waals surface area contributed by atoms with Crippen LogP contribution >= 0.6 is 0 Å². The van der Waals surface area contributed by atoms with Crippen molar-refractivity contribution >= 4 is 29.7 Å². The highest BCUT2D eigenvalue weighted by atomic mass is 16.4. The minimum atomic E-state index is -1.53. The number of carbonyl (C=O) groups is 5.